The first-order valence-electron chi connectivity index (χ1n) is 7.22. The summed E-state index contributed by atoms with van der Waals surface area (Å²) < 4.78 is 1.92. The third-order valence-electron chi connectivity index (χ3n) is 3.65. The molecule has 0 atom stereocenters. The van der Waals surface area contributed by atoms with Crippen molar-refractivity contribution in [2.45, 2.75) is 13.5 Å². The van der Waals surface area contributed by atoms with Crippen molar-refractivity contribution in [2.75, 3.05) is 5.32 Å². The predicted octanol–water partition coefficient (Wildman–Crippen LogP) is 3.35. The van der Waals surface area contributed by atoms with E-state index >= 15 is 0 Å². The number of hydrogen-bond acceptors (Lipinski definition) is 2. The molecule has 5 heteroatoms. The Bertz CT molecular complexity index is 879. The molecule has 0 radical (unpaired) electrons. The van der Waals surface area contributed by atoms with E-state index in [0.29, 0.717) is 12.1 Å². The van der Waals surface area contributed by atoms with E-state index in [2.05, 4.69) is 5.32 Å². The molecule has 0 aliphatic rings. The van der Waals surface area contributed by atoms with Crippen LogP contribution < -0.4 is 5.32 Å². The number of amides is 1. The molecule has 3 aromatic rings. The van der Waals surface area contributed by atoms with Crippen molar-refractivity contribution in [3.8, 4) is 0 Å². The summed E-state index contributed by atoms with van der Waals surface area (Å²) >= 11 is 0. The minimum absolute atomic E-state index is 0.111. The Kier molecular flexibility index (Phi) is 3.85. The molecule has 23 heavy (non-hydrogen) atoms. The third-order valence-corrected chi connectivity index (χ3v) is 3.65. The maximum atomic E-state index is 11.4. The number of carboxylic acid groups (broad SMARTS) is 1. The van der Waals surface area contributed by atoms with Gasteiger partial charge in [-0.1, -0.05) is 30.3 Å². The summed E-state index contributed by atoms with van der Waals surface area (Å²) in [7, 11) is 0. The van der Waals surface area contributed by atoms with Gasteiger partial charge >= 0.3 is 5.97 Å². The van der Waals surface area contributed by atoms with Crippen molar-refractivity contribution >= 4 is 28.5 Å². The predicted molar refractivity (Wildman–Crippen MR) is 88.7 cm³/mol. The van der Waals surface area contributed by atoms with E-state index in [9.17, 15) is 14.7 Å². The van der Waals surface area contributed by atoms with Crippen LogP contribution in [0, 0.1) is 0 Å². The van der Waals surface area contributed by atoms with Crippen molar-refractivity contribution in [1.82, 2.24) is 4.57 Å². The van der Waals surface area contributed by atoms with Crippen LogP contribution >= 0.6 is 0 Å². The van der Waals surface area contributed by atoms with Crippen molar-refractivity contribution in [1.29, 1.82) is 0 Å². The van der Waals surface area contributed by atoms with Gasteiger partial charge in [0.05, 0.1) is 5.56 Å². The molecule has 0 saturated carbocycles. The fourth-order valence-electron chi connectivity index (χ4n) is 2.64. The fourth-order valence-corrected chi connectivity index (χ4v) is 2.64. The van der Waals surface area contributed by atoms with Crippen LogP contribution in [-0.4, -0.2) is 21.6 Å². The summed E-state index contributed by atoms with van der Waals surface area (Å²) in [5.74, 6) is -1.04. The van der Waals surface area contributed by atoms with Crippen LogP contribution in [0.4, 0.5) is 5.69 Å². The van der Waals surface area contributed by atoms with Gasteiger partial charge in [-0.3, -0.25) is 4.79 Å². The number of hydrogen-bond donors (Lipinski definition) is 2. The third kappa shape index (κ3) is 3.08. The summed E-state index contributed by atoms with van der Waals surface area (Å²) in [4.78, 5) is 22.4. The molecule has 0 unspecified atom stereocenters. The zero-order valence-corrected chi connectivity index (χ0v) is 12.6. The molecular formula is C18H16N2O3. The normalized spacial score (nSPS) is 10.7. The monoisotopic (exact) mass is 308 g/mol. The van der Waals surface area contributed by atoms with Crippen LogP contribution in [0.2, 0.25) is 0 Å². The Morgan fingerprint density at radius 2 is 1.78 bits per heavy atom. The molecule has 0 bridgehead atoms. The molecule has 1 amide bonds. The van der Waals surface area contributed by atoms with Crippen LogP contribution in [0.25, 0.3) is 10.9 Å². The summed E-state index contributed by atoms with van der Waals surface area (Å²) in [6.45, 7) is 2.03. The number of para-hydroxylation sites is 1. The summed E-state index contributed by atoms with van der Waals surface area (Å²) in [5.41, 5.74) is 2.95. The highest BCUT2D eigenvalue weighted by molar-refractivity contribution is 6.03. The highest BCUT2D eigenvalue weighted by Crippen LogP contribution is 2.22. The number of aromatic nitrogens is 1. The van der Waals surface area contributed by atoms with Crippen LogP contribution in [0.1, 0.15) is 22.8 Å². The summed E-state index contributed by atoms with van der Waals surface area (Å²) in [6, 6.07) is 15.0. The van der Waals surface area contributed by atoms with Gasteiger partial charge in [0.1, 0.15) is 0 Å². The minimum atomic E-state index is -0.930. The molecule has 0 fully saturated rings. The number of carbonyl (C=O) groups excluding carboxylic acids is 1. The molecule has 3 rings (SSSR count). The van der Waals surface area contributed by atoms with Gasteiger partial charge in [0.25, 0.3) is 0 Å². The standard InChI is InChI=1S/C18H16N2O3/c1-12(21)19-14-8-6-13(7-9-14)10-20-11-16(18(22)23)15-4-2-3-5-17(15)20/h2-9,11H,10H2,1H3,(H,19,21)(H,22,23). The number of anilines is 1. The van der Waals surface area contributed by atoms with Gasteiger partial charge in [-0.05, 0) is 23.8 Å². The van der Waals surface area contributed by atoms with E-state index in [0.717, 1.165) is 22.2 Å². The van der Waals surface area contributed by atoms with Gasteiger partial charge in [0, 0.05) is 36.3 Å². The number of aromatic carboxylic acids is 1. The van der Waals surface area contributed by atoms with E-state index in [-0.39, 0.29) is 5.91 Å². The van der Waals surface area contributed by atoms with E-state index in [1.54, 1.807) is 6.20 Å². The Labute approximate surface area is 133 Å². The van der Waals surface area contributed by atoms with E-state index in [1.807, 2.05) is 53.1 Å². The molecule has 1 aromatic heterocycles. The first-order valence-corrected chi connectivity index (χ1v) is 7.22. The lowest BCUT2D eigenvalue weighted by atomic mass is 10.2. The summed E-state index contributed by atoms with van der Waals surface area (Å²) in [6.07, 6.45) is 1.66. The first-order chi connectivity index (χ1) is 11.0. The Hall–Kier alpha value is -3.08. The molecule has 0 aliphatic heterocycles. The highest BCUT2D eigenvalue weighted by Gasteiger charge is 2.13. The van der Waals surface area contributed by atoms with E-state index in [1.165, 1.54) is 6.92 Å². The first kappa shape index (κ1) is 14.8. The molecule has 2 aromatic carbocycles. The van der Waals surface area contributed by atoms with Gasteiger partial charge in [-0.15, -0.1) is 0 Å². The van der Waals surface area contributed by atoms with Crippen molar-refractivity contribution in [3.05, 3.63) is 65.9 Å². The number of nitrogens with zero attached hydrogens (tertiary/aromatic N) is 1. The Morgan fingerprint density at radius 3 is 2.43 bits per heavy atom. The second-order valence-corrected chi connectivity index (χ2v) is 5.37. The van der Waals surface area contributed by atoms with Crippen molar-refractivity contribution in [3.63, 3.8) is 0 Å². The number of carboxylic acids is 1. The second kappa shape index (κ2) is 5.96. The molecule has 2 N–H and O–H groups in total. The number of rotatable bonds is 4. The lowest BCUT2D eigenvalue weighted by Crippen LogP contribution is -2.05. The zero-order chi connectivity index (χ0) is 16.4. The molecule has 0 spiro atoms. The van der Waals surface area contributed by atoms with Crippen LogP contribution in [-0.2, 0) is 11.3 Å². The number of fused-ring (bicyclic) bond motifs is 1. The number of nitrogens with one attached hydrogen (secondary N) is 1. The minimum Gasteiger partial charge on any atom is -0.478 e. The average Bonchev–Trinajstić information content (AvgIpc) is 2.88. The van der Waals surface area contributed by atoms with Gasteiger partial charge in [0.15, 0.2) is 0 Å². The maximum Gasteiger partial charge on any atom is 0.337 e. The Balaban J connectivity index is 1.92. The van der Waals surface area contributed by atoms with Crippen LogP contribution in [0.3, 0.4) is 0 Å². The second-order valence-electron chi connectivity index (χ2n) is 5.37. The van der Waals surface area contributed by atoms with Crippen LogP contribution in [0.5, 0.6) is 0 Å². The largest absolute Gasteiger partial charge is 0.478 e. The van der Waals surface area contributed by atoms with Gasteiger partial charge < -0.3 is 15.0 Å². The zero-order valence-electron chi connectivity index (χ0n) is 12.6. The smallest absolute Gasteiger partial charge is 0.337 e. The molecule has 5 nitrogen and oxygen atoms in total. The quantitative estimate of drug-likeness (QED) is 0.776. The van der Waals surface area contributed by atoms with Gasteiger partial charge in [-0.25, -0.2) is 4.79 Å². The lowest BCUT2D eigenvalue weighted by molar-refractivity contribution is -0.114. The molecule has 0 aliphatic carbocycles. The molecule has 1 heterocycles. The van der Waals surface area contributed by atoms with Crippen molar-refractivity contribution in [2.24, 2.45) is 0 Å². The Morgan fingerprint density at radius 1 is 1.09 bits per heavy atom. The van der Waals surface area contributed by atoms with Gasteiger partial charge in [0.2, 0.25) is 5.91 Å². The molecule has 116 valence electrons. The highest BCUT2D eigenvalue weighted by atomic mass is 16.4. The van der Waals surface area contributed by atoms with Crippen LogP contribution in [0.15, 0.2) is 54.7 Å². The topological polar surface area (TPSA) is 71.3 Å². The fraction of sp³-hybridized carbons (Fsp3) is 0.111. The van der Waals surface area contributed by atoms with Crippen molar-refractivity contribution < 1.29 is 14.7 Å². The summed E-state index contributed by atoms with van der Waals surface area (Å²) in [5, 5.41) is 12.8. The number of carbonyl (C=O) groups is 2. The SMILES string of the molecule is CC(=O)Nc1ccc(Cn2cc(C(=O)O)c3ccccc32)cc1. The van der Waals surface area contributed by atoms with Gasteiger partial charge in [-0.2, -0.15) is 0 Å². The molecule has 0 saturated heterocycles. The van der Waals surface area contributed by atoms with E-state index < -0.39 is 5.97 Å². The maximum absolute atomic E-state index is 11.4. The lowest BCUT2D eigenvalue weighted by Gasteiger charge is -2.07. The number of benzene rings is 2. The van der Waals surface area contributed by atoms with E-state index in [4.69, 9.17) is 0 Å². The molecular weight excluding hydrogens is 292 g/mol. The average molecular weight is 308 g/mol.